The SMILES string of the molecule is CCOC(=O)C1=C(C)N=c2s/c(=C/c3cc(OCC)c(OC)cc3Br)c(=O)n2[C@H]1c1ccc(Cl)cc1. The van der Waals surface area contributed by atoms with Gasteiger partial charge in [0.1, 0.15) is 0 Å². The number of esters is 1. The largest absolute Gasteiger partial charge is 0.493 e. The molecule has 0 saturated heterocycles. The summed E-state index contributed by atoms with van der Waals surface area (Å²) in [6, 6.07) is 9.98. The number of aromatic nitrogens is 1. The van der Waals surface area contributed by atoms with E-state index in [9.17, 15) is 9.59 Å². The topological polar surface area (TPSA) is 79.1 Å². The van der Waals surface area contributed by atoms with Crippen molar-refractivity contribution < 1.29 is 19.0 Å². The molecular weight excluding hydrogens is 568 g/mol. The van der Waals surface area contributed by atoms with Crippen molar-refractivity contribution >= 4 is 50.9 Å². The molecule has 0 spiro atoms. The molecular formula is C26H24BrClN2O5S. The number of thiazole rings is 1. The smallest absolute Gasteiger partial charge is 0.338 e. The molecule has 0 aliphatic carbocycles. The Kier molecular flexibility index (Phi) is 8.02. The molecule has 0 saturated carbocycles. The monoisotopic (exact) mass is 590 g/mol. The molecule has 1 aliphatic heterocycles. The molecule has 0 amide bonds. The first kappa shape index (κ1) is 26.2. The van der Waals surface area contributed by atoms with Crippen LogP contribution >= 0.6 is 38.9 Å². The molecule has 1 aromatic heterocycles. The Morgan fingerprint density at radius 3 is 2.56 bits per heavy atom. The van der Waals surface area contributed by atoms with Crippen LogP contribution in [0.2, 0.25) is 5.02 Å². The van der Waals surface area contributed by atoms with E-state index < -0.39 is 12.0 Å². The number of hydrogen-bond donors (Lipinski definition) is 0. The van der Waals surface area contributed by atoms with Gasteiger partial charge in [-0.05, 0) is 62.2 Å². The van der Waals surface area contributed by atoms with Crippen LogP contribution in [0, 0.1) is 0 Å². The average Bonchev–Trinajstić information content (AvgIpc) is 3.15. The Balaban J connectivity index is 1.94. The molecule has 0 bridgehead atoms. The van der Waals surface area contributed by atoms with Gasteiger partial charge < -0.3 is 14.2 Å². The number of fused-ring (bicyclic) bond motifs is 1. The number of methoxy groups -OCH3 is 1. The van der Waals surface area contributed by atoms with Gasteiger partial charge in [-0.15, -0.1) is 0 Å². The minimum atomic E-state index is -0.696. The summed E-state index contributed by atoms with van der Waals surface area (Å²) in [5.74, 6) is 0.647. The predicted molar refractivity (Wildman–Crippen MR) is 144 cm³/mol. The van der Waals surface area contributed by atoms with Crippen LogP contribution in [-0.2, 0) is 9.53 Å². The molecule has 1 aliphatic rings. The lowest BCUT2D eigenvalue weighted by Gasteiger charge is -2.24. The number of carbonyl (C=O) groups is 1. The standard InChI is InChI=1S/C26H24BrClN2O5S/c1-5-34-20-11-16(18(27)13-19(20)33-4)12-21-24(31)30-23(15-7-9-17(28)10-8-15)22(25(32)35-6-2)14(3)29-26(30)36-21/h7-13,23H,5-6H2,1-4H3/b21-12+/t23-/m0/s1. The highest BCUT2D eigenvalue weighted by atomic mass is 79.9. The molecule has 2 aromatic carbocycles. The molecule has 0 unspecified atom stereocenters. The first-order valence-electron chi connectivity index (χ1n) is 11.2. The summed E-state index contributed by atoms with van der Waals surface area (Å²) in [4.78, 5) is 31.8. The first-order valence-corrected chi connectivity index (χ1v) is 13.2. The molecule has 0 radical (unpaired) electrons. The van der Waals surface area contributed by atoms with Gasteiger partial charge in [0.05, 0.1) is 42.2 Å². The van der Waals surface area contributed by atoms with E-state index in [4.69, 9.17) is 25.8 Å². The van der Waals surface area contributed by atoms with Gasteiger partial charge in [0, 0.05) is 9.50 Å². The fraction of sp³-hybridized carbons (Fsp3) is 0.269. The van der Waals surface area contributed by atoms with E-state index >= 15 is 0 Å². The van der Waals surface area contributed by atoms with Crippen LogP contribution in [0.3, 0.4) is 0 Å². The van der Waals surface area contributed by atoms with Crippen LogP contribution in [0.15, 0.2) is 61.9 Å². The zero-order valence-corrected chi connectivity index (χ0v) is 23.3. The van der Waals surface area contributed by atoms with Gasteiger partial charge in [0.15, 0.2) is 16.3 Å². The van der Waals surface area contributed by atoms with Gasteiger partial charge >= 0.3 is 5.97 Å². The summed E-state index contributed by atoms with van der Waals surface area (Å²) < 4.78 is 19.2. The van der Waals surface area contributed by atoms with Crippen LogP contribution in [0.1, 0.15) is 37.9 Å². The number of hydrogen-bond acceptors (Lipinski definition) is 7. The molecule has 0 fully saturated rings. The quantitative estimate of drug-likeness (QED) is 0.375. The molecule has 2 heterocycles. The third-order valence-corrected chi connectivity index (χ3v) is 7.49. The molecule has 0 N–H and O–H groups in total. The molecule has 188 valence electrons. The maximum atomic E-state index is 13.8. The zero-order chi connectivity index (χ0) is 26.0. The van der Waals surface area contributed by atoms with Gasteiger partial charge in [0.2, 0.25) is 0 Å². The van der Waals surface area contributed by atoms with Gasteiger partial charge in [-0.3, -0.25) is 9.36 Å². The highest BCUT2D eigenvalue weighted by molar-refractivity contribution is 9.10. The van der Waals surface area contributed by atoms with E-state index in [2.05, 4.69) is 20.9 Å². The van der Waals surface area contributed by atoms with Gasteiger partial charge in [-0.2, -0.15) is 0 Å². The summed E-state index contributed by atoms with van der Waals surface area (Å²) in [5.41, 5.74) is 2.03. The zero-order valence-electron chi connectivity index (χ0n) is 20.1. The Hall–Kier alpha value is -2.88. The van der Waals surface area contributed by atoms with Crippen LogP contribution < -0.4 is 24.4 Å². The summed E-state index contributed by atoms with van der Waals surface area (Å²) >= 11 is 10.9. The number of halogens is 2. The van der Waals surface area contributed by atoms with Crippen molar-refractivity contribution in [2.75, 3.05) is 20.3 Å². The van der Waals surface area contributed by atoms with Crippen molar-refractivity contribution in [2.24, 2.45) is 4.99 Å². The van der Waals surface area contributed by atoms with Crippen molar-refractivity contribution in [1.29, 1.82) is 0 Å². The Morgan fingerprint density at radius 1 is 1.19 bits per heavy atom. The minimum Gasteiger partial charge on any atom is -0.493 e. The second-order valence-corrected chi connectivity index (χ2v) is 10.1. The van der Waals surface area contributed by atoms with Gasteiger partial charge in [-0.25, -0.2) is 9.79 Å². The number of allylic oxidation sites excluding steroid dienone is 1. The van der Waals surface area contributed by atoms with Crippen LogP contribution in [0.25, 0.3) is 6.08 Å². The van der Waals surface area contributed by atoms with E-state index in [-0.39, 0.29) is 12.2 Å². The number of ether oxygens (including phenoxy) is 3. The Morgan fingerprint density at radius 2 is 1.92 bits per heavy atom. The van der Waals surface area contributed by atoms with Crippen molar-refractivity contribution in [3.05, 3.63) is 88.0 Å². The fourth-order valence-corrected chi connectivity index (χ4v) is 5.58. The Bertz CT molecular complexity index is 1530. The van der Waals surface area contributed by atoms with Crippen molar-refractivity contribution in [2.45, 2.75) is 26.8 Å². The van der Waals surface area contributed by atoms with Crippen molar-refractivity contribution in [3.63, 3.8) is 0 Å². The summed E-state index contributed by atoms with van der Waals surface area (Å²) in [6.07, 6.45) is 1.78. The third kappa shape index (κ3) is 5.00. The van der Waals surface area contributed by atoms with E-state index in [1.165, 1.54) is 11.3 Å². The first-order chi connectivity index (χ1) is 17.3. The van der Waals surface area contributed by atoms with Crippen molar-refractivity contribution in [1.82, 2.24) is 4.57 Å². The summed E-state index contributed by atoms with van der Waals surface area (Å²) in [7, 11) is 1.57. The third-order valence-electron chi connectivity index (χ3n) is 5.57. The summed E-state index contributed by atoms with van der Waals surface area (Å²) in [5, 5.41) is 0.555. The number of benzene rings is 2. The lowest BCUT2D eigenvalue weighted by atomic mass is 9.96. The van der Waals surface area contributed by atoms with Crippen molar-refractivity contribution in [3.8, 4) is 11.5 Å². The van der Waals surface area contributed by atoms with Crippen LogP contribution in [0.4, 0.5) is 0 Å². The normalized spacial score (nSPS) is 15.4. The van der Waals surface area contributed by atoms with E-state index in [0.717, 1.165) is 15.6 Å². The molecule has 3 aromatic rings. The van der Waals surface area contributed by atoms with Crippen LogP contribution in [-0.4, -0.2) is 30.9 Å². The lowest BCUT2D eigenvalue weighted by molar-refractivity contribution is -0.139. The Labute approximate surface area is 225 Å². The molecule has 1 atom stereocenters. The molecule has 7 nitrogen and oxygen atoms in total. The fourth-order valence-electron chi connectivity index (χ4n) is 3.98. The van der Waals surface area contributed by atoms with E-state index in [1.807, 2.05) is 13.0 Å². The minimum absolute atomic E-state index is 0.209. The van der Waals surface area contributed by atoms with Crippen LogP contribution in [0.5, 0.6) is 11.5 Å². The lowest BCUT2D eigenvalue weighted by Crippen LogP contribution is -2.39. The average molecular weight is 592 g/mol. The van der Waals surface area contributed by atoms with Gasteiger partial charge in [0.25, 0.3) is 5.56 Å². The maximum absolute atomic E-state index is 13.8. The summed E-state index contributed by atoms with van der Waals surface area (Å²) in [6.45, 7) is 6.06. The number of rotatable bonds is 7. The molecule has 36 heavy (non-hydrogen) atoms. The maximum Gasteiger partial charge on any atom is 0.338 e. The second-order valence-electron chi connectivity index (χ2n) is 7.81. The number of nitrogens with zero attached hydrogens (tertiary/aromatic N) is 2. The van der Waals surface area contributed by atoms with Gasteiger partial charge in [-0.1, -0.05) is 51.0 Å². The second kappa shape index (κ2) is 11.0. The van der Waals surface area contributed by atoms with E-state index in [1.54, 1.807) is 61.9 Å². The highest BCUT2D eigenvalue weighted by Gasteiger charge is 2.33. The van der Waals surface area contributed by atoms with E-state index in [0.29, 0.717) is 43.7 Å². The predicted octanol–water partition coefficient (Wildman–Crippen LogP) is 4.62. The number of carbonyl (C=O) groups excluding carboxylic acids is 1. The molecule has 10 heteroatoms. The highest BCUT2D eigenvalue weighted by Crippen LogP contribution is 2.34. The molecule has 4 rings (SSSR count).